The summed E-state index contributed by atoms with van der Waals surface area (Å²) in [7, 11) is 0. The molecule has 2 rings (SSSR count). The predicted octanol–water partition coefficient (Wildman–Crippen LogP) is 2.28. The quantitative estimate of drug-likeness (QED) is 0.884. The van der Waals surface area contributed by atoms with E-state index in [-0.39, 0.29) is 0 Å². The number of aromatic nitrogens is 2. The molecule has 0 saturated carbocycles. The van der Waals surface area contributed by atoms with E-state index in [0.29, 0.717) is 6.54 Å². The van der Waals surface area contributed by atoms with Gasteiger partial charge in [-0.25, -0.2) is 4.98 Å². The van der Waals surface area contributed by atoms with E-state index >= 15 is 0 Å². The molecule has 3 nitrogen and oxygen atoms in total. The Hall–Kier alpha value is -1.32. The zero-order valence-electron chi connectivity index (χ0n) is 9.64. The van der Waals surface area contributed by atoms with E-state index in [1.54, 1.807) is 0 Å². The summed E-state index contributed by atoms with van der Waals surface area (Å²) >= 11 is 5.84. The Morgan fingerprint density at radius 1 is 1.18 bits per heavy atom. The van der Waals surface area contributed by atoms with Crippen molar-refractivity contribution >= 4 is 11.6 Å². The lowest BCUT2D eigenvalue weighted by atomic mass is 10.1. The second kappa shape index (κ2) is 5.84. The van der Waals surface area contributed by atoms with Crippen molar-refractivity contribution in [1.82, 2.24) is 9.55 Å². The maximum Gasteiger partial charge on any atom is 0.0949 e. The van der Waals surface area contributed by atoms with Gasteiger partial charge in [-0.2, -0.15) is 0 Å². The average Bonchev–Trinajstić information content (AvgIpc) is 2.77. The summed E-state index contributed by atoms with van der Waals surface area (Å²) in [6, 6.07) is 7.95. The number of halogens is 1. The van der Waals surface area contributed by atoms with Crippen molar-refractivity contribution in [1.29, 1.82) is 0 Å². The van der Waals surface area contributed by atoms with Crippen LogP contribution in [0.5, 0.6) is 0 Å². The molecule has 0 atom stereocenters. The molecular formula is C13H16ClN3. The number of imidazole rings is 1. The topological polar surface area (TPSA) is 43.8 Å². The summed E-state index contributed by atoms with van der Waals surface area (Å²) in [5.41, 5.74) is 7.83. The van der Waals surface area contributed by atoms with Gasteiger partial charge in [0.15, 0.2) is 0 Å². The van der Waals surface area contributed by atoms with Gasteiger partial charge < -0.3 is 10.3 Å². The predicted molar refractivity (Wildman–Crippen MR) is 70.1 cm³/mol. The van der Waals surface area contributed by atoms with Crippen molar-refractivity contribution in [3.8, 4) is 0 Å². The van der Waals surface area contributed by atoms with Gasteiger partial charge in [0.25, 0.3) is 0 Å². The number of nitrogens with zero attached hydrogens (tertiary/aromatic N) is 2. The highest BCUT2D eigenvalue weighted by atomic mass is 35.5. The van der Waals surface area contributed by atoms with E-state index in [1.807, 2.05) is 18.5 Å². The lowest BCUT2D eigenvalue weighted by Crippen LogP contribution is -2.03. The Kier molecular flexibility index (Phi) is 4.18. The molecule has 1 aromatic carbocycles. The molecule has 0 aliphatic carbocycles. The van der Waals surface area contributed by atoms with Gasteiger partial charge in [-0.1, -0.05) is 23.7 Å². The third-order valence-corrected chi connectivity index (χ3v) is 2.91. The lowest BCUT2D eigenvalue weighted by Gasteiger charge is -2.02. The van der Waals surface area contributed by atoms with E-state index in [1.165, 1.54) is 5.56 Å². The van der Waals surface area contributed by atoms with Crippen LogP contribution < -0.4 is 5.73 Å². The Morgan fingerprint density at radius 2 is 1.94 bits per heavy atom. The Labute approximate surface area is 106 Å². The molecule has 17 heavy (non-hydrogen) atoms. The Morgan fingerprint density at radius 3 is 2.65 bits per heavy atom. The standard InChI is InChI=1S/C13H16ClN3/c14-12-3-1-11(2-4-12)6-8-17-9-13(5-7-15)16-10-17/h1-4,9-10H,5-8,15H2. The van der Waals surface area contributed by atoms with Gasteiger partial charge in [0, 0.05) is 24.2 Å². The van der Waals surface area contributed by atoms with Gasteiger partial charge in [-0.3, -0.25) is 0 Å². The first kappa shape index (κ1) is 12.1. The fourth-order valence-electron chi connectivity index (χ4n) is 1.71. The summed E-state index contributed by atoms with van der Waals surface area (Å²) in [5.74, 6) is 0. The highest BCUT2D eigenvalue weighted by molar-refractivity contribution is 6.30. The molecule has 4 heteroatoms. The minimum absolute atomic E-state index is 0.647. The number of rotatable bonds is 5. The van der Waals surface area contributed by atoms with E-state index < -0.39 is 0 Å². The number of hydrogen-bond donors (Lipinski definition) is 1. The van der Waals surface area contributed by atoms with Crippen molar-refractivity contribution in [2.24, 2.45) is 5.73 Å². The first-order valence-electron chi connectivity index (χ1n) is 5.73. The second-order valence-electron chi connectivity index (χ2n) is 4.02. The normalized spacial score (nSPS) is 10.7. The first-order chi connectivity index (χ1) is 8.28. The Bertz CT molecular complexity index is 462. The number of nitrogens with two attached hydrogens (primary N) is 1. The van der Waals surface area contributed by atoms with E-state index in [2.05, 4.69) is 27.9 Å². The van der Waals surface area contributed by atoms with Crippen LogP contribution in [0.2, 0.25) is 5.02 Å². The van der Waals surface area contributed by atoms with Crippen molar-refractivity contribution in [2.45, 2.75) is 19.4 Å². The van der Waals surface area contributed by atoms with Crippen molar-refractivity contribution < 1.29 is 0 Å². The average molecular weight is 250 g/mol. The molecule has 2 N–H and O–H groups in total. The lowest BCUT2D eigenvalue weighted by molar-refractivity contribution is 0.695. The van der Waals surface area contributed by atoms with Crippen molar-refractivity contribution in [3.05, 3.63) is 53.1 Å². The summed E-state index contributed by atoms with van der Waals surface area (Å²) in [6.45, 7) is 1.58. The van der Waals surface area contributed by atoms with Crippen LogP contribution in [0.1, 0.15) is 11.3 Å². The highest BCUT2D eigenvalue weighted by Crippen LogP contribution is 2.10. The summed E-state index contributed by atoms with van der Waals surface area (Å²) in [6.07, 6.45) is 5.74. The van der Waals surface area contributed by atoms with Gasteiger partial charge in [-0.15, -0.1) is 0 Å². The molecule has 1 heterocycles. The smallest absolute Gasteiger partial charge is 0.0949 e. The molecule has 0 fully saturated rings. The fourth-order valence-corrected chi connectivity index (χ4v) is 1.84. The van der Waals surface area contributed by atoms with Gasteiger partial charge in [0.2, 0.25) is 0 Å². The van der Waals surface area contributed by atoms with Crippen LogP contribution in [-0.4, -0.2) is 16.1 Å². The highest BCUT2D eigenvalue weighted by Gasteiger charge is 1.98. The zero-order valence-corrected chi connectivity index (χ0v) is 10.4. The molecular weight excluding hydrogens is 234 g/mol. The number of benzene rings is 1. The van der Waals surface area contributed by atoms with Crippen molar-refractivity contribution in [3.63, 3.8) is 0 Å². The van der Waals surface area contributed by atoms with E-state index in [9.17, 15) is 0 Å². The summed E-state index contributed by atoms with van der Waals surface area (Å²) < 4.78 is 2.10. The van der Waals surface area contributed by atoms with Gasteiger partial charge in [0.1, 0.15) is 0 Å². The molecule has 1 aromatic heterocycles. The zero-order chi connectivity index (χ0) is 12.1. The molecule has 0 aliphatic rings. The van der Waals surface area contributed by atoms with Crippen molar-refractivity contribution in [2.75, 3.05) is 6.54 Å². The van der Waals surface area contributed by atoms with Crippen LogP contribution in [0, 0.1) is 0 Å². The van der Waals surface area contributed by atoms with Crippen LogP contribution in [0.25, 0.3) is 0 Å². The maximum atomic E-state index is 5.84. The monoisotopic (exact) mass is 249 g/mol. The third kappa shape index (κ3) is 3.58. The third-order valence-electron chi connectivity index (χ3n) is 2.66. The van der Waals surface area contributed by atoms with Crippen LogP contribution >= 0.6 is 11.6 Å². The molecule has 0 radical (unpaired) electrons. The van der Waals surface area contributed by atoms with Crippen LogP contribution in [0.4, 0.5) is 0 Å². The molecule has 0 aliphatic heterocycles. The maximum absolute atomic E-state index is 5.84. The molecule has 0 bridgehead atoms. The fraction of sp³-hybridized carbons (Fsp3) is 0.308. The molecule has 0 amide bonds. The number of aryl methyl sites for hydroxylation is 2. The molecule has 0 spiro atoms. The first-order valence-corrected chi connectivity index (χ1v) is 6.11. The SMILES string of the molecule is NCCc1cn(CCc2ccc(Cl)cc2)cn1. The molecule has 0 saturated heterocycles. The summed E-state index contributed by atoms with van der Waals surface area (Å²) in [4.78, 5) is 4.29. The molecule has 90 valence electrons. The van der Waals surface area contributed by atoms with E-state index in [4.69, 9.17) is 17.3 Å². The minimum atomic E-state index is 0.647. The number of hydrogen-bond acceptors (Lipinski definition) is 2. The Balaban J connectivity index is 1.90. The van der Waals surface area contributed by atoms with Gasteiger partial charge >= 0.3 is 0 Å². The molecule has 2 aromatic rings. The van der Waals surface area contributed by atoms with Crippen LogP contribution in [0.15, 0.2) is 36.8 Å². The minimum Gasteiger partial charge on any atom is -0.337 e. The second-order valence-corrected chi connectivity index (χ2v) is 4.45. The van der Waals surface area contributed by atoms with Gasteiger partial charge in [0.05, 0.1) is 12.0 Å². The van der Waals surface area contributed by atoms with Gasteiger partial charge in [-0.05, 0) is 30.7 Å². The van der Waals surface area contributed by atoms with E-state index in [0.717, 1.165) is 30.1 Å². The summed E-state index contributed by atoms with van der Waals surface area (Å²) in [5, 5.41) is 0.779. The van der Waals surface area contributed by atoms with Crippen LogP contribution in [-0.2, 0) is 19.4 Å². The largest absolute Gasteiger partial charge is 0.337 e. The van der Waals surface area contributed by atoms with Crippen LogP contribution in [0.3, 0.4) is 0 Å². The molecule has 0 unspecified atom stereocenters.